The molecule has 1 aromatic carbocycles. The van der Waals surface area contributed by atoms with Gasteiger partial charge in [-0.2, -0.15) is 5.10 Å². The first-order valence-corrected chi connectivity index (χ1v) is 9.40. The van der Waals surface area contributed by atoms with Crippen LogP contribution < -0.4 is 5.32 Å². The van der Waals surface area contributed by atoms with Crippen LogP contribution in [0, 0.1) is 6.92 Å². The first-order chi connectivity index (χ1) is 11.6. The number of amides is 1. The third-order valence-electron chi connectivity index (χ3n) is 3.89. The normalized spacial score (nSPS) is 13.1. The standard InChI is InChI=1S/C16H21ClN4O3S/c1-10(18-16(22)14-11(2)19-21(5)15(14)17)12-6-8-13(9-7-12)25(23,24)20(3)4/h6-10H,1-5H3,(H,18,22). The van der Waals surface area contributed by atoms with Crippen molar-refractivity contribution in [2.24, 2.45) is 7.05 Å². The summed E-state index contributed by atoms with van der Waals surface area (Å²) in [6.07, 6.45) is 0. The van der Waals surface area contributed by atoms with E-state index in [0.717, 1.165) is 9.87 Å². The summed E-state index contributed by atoms with van der Waals surface area (Å²) in [7, 11) is 1.15. The molecule has 0 aliphatic carbocycles. The summed E-state index contributed by atoms with van der Waals surface area (Å²) in [5, 5.41) is 7.24. The number of aromatic nitrogens is 2. The third kappa shape index (κ3) is 3.86. The highest BCUT2D eigenvalue weighted by atomic mass is 35.5. The number of nitrogens with one attached hydrogen (secondary N) is 1. The lowest BCUT2D eigenvalue weighted by atomic mass is 10.1. The average molecular weight is 385 g/mol. The largest absolute Gasteiger partial charge is 0.345 e. The van der Waals surface area contributed by atoms with Gasteiger partial charge in [-0.1, -0.05) is 23.7 Å². The maximum Gasteiger partial charge on any atom is 0.256 e. The zero-order valence-electron chi connectivity index (χ0n) is 14.7. The molecular formula is C16H21ClN4O3S. The second-order valence-electron chi connectivity index (χ2n) is 5.93. The number of aryl methyl sites for hydroxylation is 2. The van der Waals surface area contributed by atoms with Crippen molar-refractivity contribution in [3.63, 3.8) is 0 Å². The van der Waals surface area contributed by atoms with Crippen LogP contribution in [0.25, 0.3) is 0 Å². The molecule has 1 aromatic heterocycles. The summed E-state index contributed by atoms with van der Waals surface area (Å²) in [5.74, 6) is -0.326. The maximum absolute atomic E-state index is 12.4. The molecule has 0 spiro atoms. The van der Waals surface area contributed by atoms with Crippen LogP contribution in [-0.4, -0.2) is 42.5 Å². The fourth-order valence-electron chi connectivity index (χ4n) is 2.38. The number of hydrogen-bond donors (Lipinski definition) is 1. The van der Waals surface area contributed by atoms with Crippen molar-refractivity contribution in [3.8, 4) is 0 Å². The zero-order valence-corrected chi connectivity index (χ0v) is 16.3. The number of hydrogen-bond acceptors (Lipinski definition) is 4. The Balaban J connectivity index is 2.19. The van der Waals surface area contributed by atoms with Gasteiger partial charge in [-0.15, -0.1) is 0 Å². The average Bonchev–Trinajstić information content (AvgIpc) is 2.79. The summed E-state index contributed by atoms with van der Waals surface area (Å²) >= 11 is 6.11. The molecule has 1 unspecified atom stereocenters. The molecule has 7 nitrogen and oxygen atoms in total. The Hall–Kier alpha value is -1.90. The SMILES string of the molecule is Cc1nn(C)c(Cl)c1C(=O)NC(C)c1ccc(S(=O)(=O)N(C)C)cc1. The number of rotatable bonds is 5. The van der Waals surface area contributed by atoms with Gasteiger partial charge in [-0.25, -0.2) is 12.7 Å². The predicted octanol–water partition coefficient (Wildman–Crippen LogP) is 2.12. The Kier molecular flexibility index (Phi) is 5.55. The second-order valence-corrected chi connectivity index (χ2v) is 8.44. The number of sulfonamides is 1. The van der Waals surface area contributed by atoms with E-state index in [1.807, 2.05) is 6.92 Å². The van der Waals surface area contributed by atoms with E-state index in [2.05, 4.69) is 10.4 Å². The monoisotopic (exact) mass is 384 g/mol. The van der Waals surface area contributed by atoms with Crippen LogP contribution in [0.15, 0.2) is 29.2 Å². The maximum atomic E-state index is 12.4. The molecule has 136 valence electrons. The van der Waals surface area contributed by atoms with Gasteiger partial charge < -0.3 is 5.32 Å². The molecule has 2 rings (SSSR count). The predicted molar refractivity (Wildman–Crippen MR) is 96.2 cm³/mol. The Morgan fingerprint density at radius 2 is 1.84 bits per heavy atom. The minimum Gasteiger partial charge on any atom is -0.345 e. The van der Waals surface area contributed by atoms with Crippen molar-refractivity contribution in [2.75, 3.05) is 14.1 Å². The van der Waals surface area contributed by atoms with E-state index >= 15 is 0 Å². The highest BCUT2D eigenvalue weighted by Gasteiger charge is 2.21. The van der Waals surface area contributed by atoms with Crippen LogP contribution in [0.5, 0.6) is 0 Å². The fraction of sp³-hybridized carbons (Fsp3) is 0.375. The van der Waals surface area contributed by atoms with Crippen molar-refractivity contribution in [2.45, 2.75) is 24.8 Å². The van der Waals surface area contributed by atoms with E-state index in [0.29, 0.717) is 11.3 Å². The van der Waals surface area contributed by atoms with Gasteiger partial charge in [0.2, 0.25) is 10.0 Å². The topological polar surface area (TPSA) is 84.3 Å². The minimum atomic E-state index is -3.48. The zero-order chi connectivity index (χ0) is 18.9. The summed E-state index contributed by atoms with van der Waals surface area (Å²) in [4.78, 5) is 12.6. The summed E-state index contributed by atoms with van der Waals surface area (Å²) in [6, 6.07) is 6.09. The molecule has 1 N–H and O–H groups in total. The summed E-state index contributed by atoms with van der Waals surface area (Å²) in [5.41, 5.74) is 1.66. The molecule has 0 aliphatic heterocycles. The first-order valence-electron chi connectivity index (χ1n) is 7.58. The minimum absolute atomic E-state index is 0.200. The van der Waals surface area contributed by atoms with Crippen molar-refractivity contribution < 1.29 is 13.2 Å². The van der Waals surface area contributed by atoms with Crippen LogP contribution in [0.4, 0.5) is 0 Å². The Morgan fingerprint density at radius 3 is 2.28 bits per heavy atom. The molecule has 0 fully saturated rings. The molecule has 0 aliphatic rings. The molecule has 1 heterocycles. The lowest BCUT2D eigenvalue weighted by molar-refractivity contribution is 0.0939. The van der Waals surface area contributed by atoms with Gasteiger partial charge in [0, 0.05) is 21.1 Å². The third-order valence-corrected chi connectivity index (χ3v) is 6.15. The van der Waals surface area contributed by atoms with Gasteiger partial charge in [0.25, 0.3) is 5.91 Å². The number of carbonyl (C=O) groups is 1. The molecular weight excluding hydrogens is 364 g/mol. The molecule has 0 saturated carbocycles. The molecule has 1 atom stereocenters. The highest BCUT2D eigenvalue weighted by molar-refractivity contribution is 7.89. The molecule has 0 saturated heterocycles. The van der Waals surface area contributed by atoms with Crippen molar-refractivity contribution in [1.29, 1.82) is 0 Å². The van der Waals surface area contributed by atoms with E-state index in [4.69, 9.17) is 11.6 Å². The van der Waals surface area contributed by atoms with Crippen LogP contribution in [0.2, 0.25) is 5.15 Å². The van der Waals surface area contributed by atoms with E-state index < -0.39 is 10.0 Å². The van der Waals surface area contributed by atoms with Crippen molar-refractivity contribution >= 4 is 27.5 Å². The quantitative estimate of drug-likeness (QED) is 0.855. The Morgan fingerprint density at radius 1 is 1.28 bits per heavy atom. The lowest BCUT2D eigenvalue weighted by Gasteiger charge is -2.16. The Labute approximate surface area is 152 Å². The molecule has 2 aromatic rings. The van der Waals surface area contributed by atoms with Crippen molar-refractivity contribution in [3.05, 3.63) is 46.2 Å². The first kappa shape index (κ1) is 19.4. The second kappa shape index (κ2) is 7.15. The number of nitrogens with zero attached hydrogens (tertiary/aromatic N) is 3. The van der Waals surface area contributed by atoms with Gasteiger partial charge >= 0.3 is 0 Å². The van der Waals surface area contributed by atoms with E-state index in [1.165, 1.54) is 30.9 Å². The van der Waals surface area contributed by atoms with Crippen molar-refractivity contribution in [1.82, 2.24) is 19.4 Å². The highest BCUT2D eigenvalue weighted by Crippen LogP contribution is 2.21. The van der Waals surface area contributed by atoms with Crippen LogP contribution in [-0.2, 0) is 17.1 Å². The Bertz CT molecular complexity index is 889. The van der Waals surface area contributed by atoms with Gasteiger partial charge in [-0.05, 0) is 31.5 Å². The van der Waals surface area contributed by atoms with Crippen LogP contribution in [0.3, 0.4) is 0 Å². The molecule has 9 heteroatoms. The number of carbonyl (C=O) groups excluding carboxylic acids is 1. The number of benzene rings is 1. The molecule has 0 bridgehead atoms. The van der Waals surface area contributed by atoms with E-state index in [-0.39, 0.29) is 22.0 Å². The lowest BCUT2D eigenvalue weighted by Crippen LogP contribution is -2.27. The smallest absolute Gasteiger partial charge is 0.256 e. The van der Waals surface area contributed by atoms with E-state index in [1.54, 1.807) is 26.1 Å². The molecule has 0 radical (unpaired) electrons. The number of halogens is 1. The van der Waals surface area contributed by atoms with Crippen LogP contribution >= 0.6 is 11.6 Å². The van der Waals surface area contributed by atoms with Gasteiger partial charge in [0.1, 0.15) is 5.15 Å². The van der Waals surface area contributed by atoms with Gasteiger partial charge in [0.05, 0.1) is 22.2 Å². The van der Waals surface area contributed by atoms with Gasteiger partial charge in [0.15, 0.2) is 0 Å². The van der Waals surface area contributed by atoms with Crippen LogP contribution in [0.1, 0.15) is 34.6 Å². The van der Waals surface area contributed by atoms with E-state index in [9.17, 15) is 13.2 Å². The fourth-order valence-corrected chi connectivity index (χ4v) is 3.54. The molecule has 1 amide bonds. The van der Waals surface area contributed by atoms with Gasteiger partial charge in [-0.3, -0.25) is 9.48 Å². The molecule has 25 heavy (non-hydrogen) atoms. The summed E-state index contributed by atoms with van der Waals surface area (Å²) < 4.78 is 26.8. The summed E-state index contributed by atoms with van der Waals surface area (Å²) in [6.45, 7) is 3.53.